The third-order valence-electron chi connectivity index (χ3n) is 3.43. The van der Waals surface area contributed by atoms with Crippen molar-refractivity contribution in [3.8, 4) is 0 Å². The molecule has 6 nitrogen and oxygen atoms in total. The van der Waals surface area contributed by atoms with Crippen molar-refractivity contribution in [2.45, 2.75) is 39.7 Å². The van der Waals surface area contributed by atoms with Gasteiger partial charge in [0, 0.05) is 13.1 Å². The number of aryl methyl sites for hydroxylation is 2. The molecule has 0 radical (unpaired) electrons. The minimum atomic E-state index is -0.344. The van der Waals surface area contributed by atoms with Gasteiger partial charge in [-0.3, -0.25) is 10.1 Å². The number of nitrogens with zero attached hydrogens (tertiary/aromatic N) is 3. The monoisotopic (exact) mass is 238 g/mol. The molecule has 1 atom stereocenters. The molecule has 0 aromatic carbocycles. The average Bonchev–Trinajstić information content (AvgIpc) is 2.68. The van der Waals surface area contributed by atoms with Gasteiger partial charge in [-0.25, -0.2) is 4.68 Å². The number of rotatable bonds is 4. The second-order valence-electron chi connectivity index (χ2n) is 5.27. The van der Waals surface area contributed by atoms with Gasteiger partial charge in [0.2, 0.25) is 5.82 Å². The Morgan fingerprint density at radius 2 is 2.24 bits per heavy atom. The van der Waals surface area contributed by atoms with E-state index < -0.39 is 0 Å². The summed E-state index contributed by atoms with van der Waals surface area (Å²) in [6.07, 6.45) is 1.61. The van der Waals surface area contributed by atoms with Crippen LogP contribution in [-0.2, 0) is 13.5 Å². The fraction of sp³-hybridized carbons (Fsp3) is 0.727. The highest BCUT2D eigenvalue weighted by atomic mass is 16.6. The molecule has 0 saturated heterocycles. The zero-order valence-electron chi connectivity index (χ0n) is 10.6. The number of anilines is 1. The highest BCUT2D eigenvalue weighted by Gasteiger charge is 2.47. The summed E-state index contributed by atoms with van der Waals surface area (Å²) in [4.78, 5) is 10.7. The Bertz CT molecular complexity index is 464. The van der Waals surface area contributed by atoms with Gasteiger partial charge in [0.05, 0.1) is 4.92 Å². The lowest BCUT2D eigenvalue weighted by Crippen LogP contribution is -2.12. The highest BCUT2D eigenvalue weighted by molar-refractivity contribution is 5.61. The van der Waals surface area contributed by atoms with E-state index in [9.17, 15) is 10.1 Å². The molecule has 1 aliphatic carbocycles. The van der Waals surface area contributed by atoms with E-state index in [-0.39, 0.29) is 16.0 Å². The normalized spacial score (nSPS) is 21.3. The Kier molecular flexibility index (Phi) is 2.60. The topological polar surface area (TPSA) is 73.0 Å². The summed E-state index contributed by atoms with van der Waals surface area (Å²) in [5, 5.41) is 18.5. The molecule has 94 valence electrons. The van der Waals surface area contributed by atoms with E-state index in [0.29, 0.717) is 24.0 Å². The fourth-order valence-electron chi connectivity index (χ4n) is 2.04. The SMILES string of the molecule is CCc1nn(C)c(NC2CC2(C)C)c1[N+](=O)[O-]. The van der Waals surface area contributed by atoms with E-state index in [0.717, 1.165) is 6.42 Å². The minimum absolute atomic E-state index is 0.123. The van der Waals surface area contributed by atoms with Gasteiger partial charge in [-0.15, -0.1) is 0 Å². The van der Waals surface area contributed by atoms with Crippen LogP contribution in [0.15, 0.2) is 0 Å². The molecule has 1 saturated carbocycles. The standard InChI is InChI=1S/C11H18N4O2/c1-5-7-9(15(16)17)10(14(4)13-7)12-8-6-11(8,2)3/h8,12H,5-6H2,1-4H3. The van der Waals surface area contributed by atoms with Gasteiger partial charge in [0.1, 0.15) is 5.69 Å². The van der Waals surface area contributed by atoms with Crippen molar-refractivity contribution in [1.29, 1.82) is 0 Å². The summed E-state index contributed by atoms with van der Waals surface area (Å²) in [6.45, 7) is 6.17. The molecule has 1 unspecified atom stereocenters. The molecule has 1 aliphatic rings. The van der Waals surface area contributed by atoms with E-state index >= 15 is 0 Å². The molecule has 2 rings (SSSR count). The summed E-state index contributed by atoms with van der Waals surface area (Å²) in [5.41, 5.74) is 0.890. The molecule has 1 N–H and O–H groups in total. The van der Waals surface area contributed by atoms with E-state index in [2.05, 4.69) is 24.3 Å². The van der Waals surface area contributed by atoms with Crippen molar-refractivity contribution in [3.05, 3.63) is 15.8 Å². The first-order valence-corrected chi connectivity index (χ1v) is 5.83. The molecule has 0 amide bonds. The van der Waals surface area contributed by atoms with Crippen molar-refractivity contribution < 1.29 is 4.92 Å². The third-order valence-corrected chi connectivity index (χ3v) is 3.43. The van der Waals surface area contributed by atoms with Crippen LogP contribution in [0.25, 0.3) is 0 Å². The summed E-state index contributed by atoms with van der Waals surface area (Å²) in [6, 6.07) is 0.307. The lowest BCUT2D eigenvalue weighted by molar-refractivity contribution is -0.384. The van der Waals surface area contributed by atoms with E-state index in [1.807, 2.05) is 6.92 Å². The maximum atomic E-state index is 11.1. The largest absolute Gasteiger partial charge is 0.361 e. The maximum Gasteiger partial charge on any atom is 0.333 e. The smallest absolute Gasteiger partial charge is 0.333 e. The van der Waals surface area contributed by atoms with Crippen molar-refractivity contribution >= 4 is 11.5 Å². The Morgan fingerprint density at radius 3 is 2.65 bits per heavy atom. The predicted molar refractivity (Wildman–Crippen MR) is 65.0 cm³/mol. The van der Waals surface area contributed by atoms with Crippen LogP contribution in [0.2, 0.25) is 0 Å². The number of hydrogen-bond donors (Lipinski definition) is 1. The zero-order valence-corrected chi connectivity index (χ0v) is 10.6. The van der Waals surface area contributed by atoms with Crippen LogP contribution in [0.4, 0.5) is 11.5 Å². The lowest BCUT2D eigenvalue weighted by atomic mass is 10.2. The van der Waals surface area contributed by atoms with Crippen LogP contribution in [-0.4, -0.2) is 20.7 Å². The van der Waals surface area contributed by atoms with Crippen molar-refractivity contribution in [3.63, 3.8) is 0 Å². The molecule has 1 fully saturated rings. The molecular formula is C11H18N4O2. The number of nitrogens with one attached hydrogen (secondary N) is 1. The van der Waals surface area contributed by atoms with Crippen LogP contribution < -0.4 is 5.32 Å². The van der Waals surface area contributed by atoms with Crippen LogP contribution in [0.5, 0.6) is 0 Å². The Labute approximate surface area is 100 Å². The first kappa shape index (κ1) is 11.9. The summed E-state index contributed by atoms with van der Waals surface area (Å²) >= 11 is 0. The Hall–Kier alpha value is -1.59. The number of aromatic nitrogens is 2. The Morgan fingerprint density at radius 1 is 1.65 bits per heavy atom. The Balaban J connectivity index is 2.32. The second-order valence-corrected chi connectivity index (χ2v) is 5.27. The molecule has 0 bridgehead atoms. The molecule has 1 aromatic rings. The van der Waals surface area contributed by atoms with Crippen LogP contribution in [0, 0.1) is 15.5 Å². The van der Waals surface area contributed by atoms with Crippen LogP contribution >= 0.6 is 0 Å². The van der Waals surface area contributed by atoms with E-state index in [1.54, 1.807) is 11.7 Å². The number of hydrogen-bond acceptors (Lipinski definition) is 4. The van der Waals surface area contributed by atoms with E-state index in [4.69, 9.17) is 0 Å². The summed E-state index contributed by atoms with van der Waals surface area (Å²) < 4.78 is 1.57. The van der Waals surface area contributed by atoms with Gasteiger partial charge in [-0.05, 0) is 18.3 Å². The first-order chi connectivity index (χ1) is 7.86. The van der Waals surface area contributed by atoms with Crippen LogP contribution in [0.3, 0.4) is 0 Å². The molecular weight excluding hydrogens is 220 g/mol. The highest BCUT2D eigenvalue weighted by Crippen LogP contribution is 2.47. The molecule has 17 heavy (non-hydrogen) atoms. The second kappa shape index (κ2) is 3.72. The van der Waals surface area contributed by atoms with Crippen molar-refractivity contribution in [2.75, 3.05) is 5.32 Å². The number of nitro groups is 1. The molecule has 0 aliphatic heterocycles. The van der Waals surface area contributed by atoms with Gasteiger partial charge in [0.15, 0.2) is 0 Å². The molecule has 1 aromatic heterocycles. The van der Waals surface area contributed by atoms with Gasteiger partial charge in [0.25, 0.3) is 0 Å². The van der Waals surface area contributed by atoms with Crippen LogP contribution in [0.1, 0.15) is 32.9 Å². The maximum absolute atomic E-state index is 11.1. The third kappa shape index (κ3) is 1.99. The quantitative estimate of drug-likeness (QED) is 0.644. The molecule has 0 spiro atoms. The van der Waals surface area contributed by atoms with Crippen molar-refractivity contribution in [2.24, 2.45) is 12.5 Å². The van der Waals surface area contributed by atoms with Gasteiger partial charge >= 0.3 is 5.69 Å². The molecule has 1 heterocycles. The van der Waals surface area contributed by atoms with Gasteiger partial charge < -0.3 is 5.32 Å². The lowest BCUT2D eigenvalue weighted by Gasteiger charge is -2.07. The van der Waals surface area contributed by atoms with Crippen molar-refractivity contribution in [1.82, 2.24) is 9.78 Å². The summed E-state index contributed by atoms with van der Waals surface area (Å²) in [5.74, 6) is 0.530. The van der Waals surface area contributed by atoms with Gasteiger partial charge in [-0.2, -0.15) is 5.10 Å². The zero-order chi connectivity index (χ0) is 12.8. The first-order valence-electron chi connectivity index (χ1n) is 5.83. The minimum Gasteiger partial charge on any atom is -0.361 e. The molecule has 6 heteroatoms. The predicted octanol–water partition coefficient (Wildman–Crippen LogP) is 2.10. The summed E-state index contributed by atoms with van der Waals surface area (Å²) in [7, 11) is 1.74. The average molecular weight is 238 g/mol. The fourth-order valence-corrected chi connectivity index (χ4v) is 2.04. The van der Waals surface area contributed by atoms with Gasteiger partial charge in [-0.1, -0.05) is 20.8 Å². The van der Waals surface area contributed by atoms with E-state index in [1.165, 1.54) is 0 Å².